The van der Waals surface area contributed by atoms with E-state index in [9.17, 15) is 0 Å². The molecular formula is C12H15N3S. The molecule has 1 N–H and O–H groups in total. The maximum absolute atomic E-state index is 4.37. The number of nitrogens with zero attached hydrogens (tertiary/aromatic N) is 2. The summed E-state index contributed by atoms with van der Waals surface area (Å²) in [6.07, 6.45) is 6.77. The van der Waals surface area contributed by atoms with E-state index in [0.717, 1.165) is 19.1 Å². The van der Waals surface area contributed by atoms with Gasteiger partial charge in [-0.25, -0.2) is 0 Å². The second kappa shape index (κ2) is 4.39. The molecule has 1 aliphatic rings. The predicted octanol–water partition coefficient (Wildman–Crippen LogP) is 2.24. The first kappa shape index (κ1) is 10.1. The highest BCUT2D eigenvalue weighted by molar-refractivity contribution is 7.09. The molecule has 1 fully saturated rings. The lowest BCUT2D eigenvalue weighted by Crippen LogP contribution is -2.14. The molecule has 16 heavy (non-hydrogen) atoms. The van der Waals surface area contributed by atoms with E-state index in [-0.39, 0.29) is 0 Å². The first-order valence-electron chi connectivity index (χ1n) is 5.67. The van der Waals surface area contributed by atoms with Gasteiger partial charge in [0.15, 0.2) is 0 Å². The van der Waals surface area contributed by atoms with Crippen molar-refractivity contribution in [2.45, 2.75) is 32.0 Å². The molecule has 2 heterocycles. The molecule has 2 aromatic heterocycles. The van der Waals surface area contributed by atoms with Crippen LogP contribution in [0.25, 0.3) is 0 Å². The van der Waals surface area contributed by atoms with Crippen LogP contribution in [-0.4, -0.2) is 15.8 Å². The normalized spacial score (nSPS) is 15.5. The van der Waals surface area contributed by atoms with Crippen molar-refractivity contribution in [2.75, 3.05) is 0 Å². The fraction of sp³-hybridized carbons (Fsp3) is 0.417. The average Bonchev–Trinajstić information content (AvgIpc) is 2.78. The van der Waals surface area contributed by atoms with E-state index < -0.39 is 0 Å². The van der Waals surface area contributed by atoms with Crippen LogP contribution in [0.3, 0.4) is 0 Å². The molecule has 0 atom stereocenters. The predicted molar refractivity (Wildman–Crippen MR) is 65.5 cm³/mol. The van der Waals surface area contributed by atoms with Crippen molar-refractivity contribution in [1.82, 2.24) is 15.1 Å². The largest absolute Gasteiger partial charge is 0.310 e. The van der Waals surface area contributed by atoms with Gasteiger partial charge in [0.25, 0.3) is 0 Å². The maximum atomic E-state index is 4.37. The van der Waals surface area contributed by atoms with Gasteiger partial charge in [0, 0.05) is 29.2 Å². The van der Waals surface area contributed by atoms with Crippen LogP contribution in [0.2, 0.25) is 0 Å². The van der Waals surface area contributed by atoms with Crippen LogP contribution in [0.5, 0.6) is 0 Å². The van der Waals surface area contributed by atoms with Gasteiger partial charge < -0.3 is 5.32 Å². The minimum Gasteiger partial charge on any atom is -0.310 e. The molecule has 0 unspecified atom stereocenters. The van der Waals surface area contributed by atoms with Gasteiger partial charge in [0.05, 0.1) is 12.7 Å². The second-order valence-corrected chi connectivity index (χ2v) is 5.31. The number of rotatable bonds is 5. The number of nitrogens with one attached hydrogen (secondary N) is 1. The third-order valence-electron chi connectivity index (χ3n) is 2.76. The number of hydrogen-bond donors (Lipinski definition) is 1. The fourth-order valence-corrected chi connectivity index (χ4v) is 2.39. The second-order valence-electron chi connectivity index (χ2n) is 4.28. The molecule has 84 valence electrons. The molecule has 4 heteroatoms. The van der Waals surface area contributed by atoms with Crippen molar-refractivity contribution < 1.29 is 0 Å². The van der Waals surface area contributed by atoms with Gasteiger partial charge in [-0.3, -0.25) is 4.68 Å². The summed E-state index contributed by atoms with van der Waals surface area (Å²) in [4.78, 5) is 1.35. The van der Waals surface area contributed by atoms with Crippen LogP contribution in [0.1, 0.15) is 23.3 Å². The molecule has 0 spiro atoms. The molecule has 1 aliphatic carbocycles. The Labute approximate surface area is 99.1 Å². The zero-order valence-corrected chi connectivity index (χ0v) is 9.91. The molecule has 2 aromatic rings. The van der Waals surface area contributed by atoms with E-state index in [1.54, 1.807) is 11.3 Å². The van der Waals surface area contributed by atoms with E-state index in [0.29, 0.717) is 0 Å². The van der Waals surface area contributed by atoms with Crippen molar-refractivity contribution in [2.24, 2.45) is 0 Å². The lowest BCUT2D eigenvalue weighted by Gasteiger charge is -1.99. The summed E-state index contributed by atoms with van der Waals surface area (Å²) in [6, 6.07) is 4.99. The summed E-state index contributed by atoms with van der Waals surface area (Å²) in [5.74, 6) is 0. The van der Waals surface area contributed by atoms with Gasteiger partial charge in [-0.1, -0.05) is 6.07 Å². The third-order valence-corrected chi connectivity index (χ3v) is 3.62. The van der Waals surface area contributed by atoms with Crippen LogP contribution in [0.15, 0.2) is 29.9 Å². The van der Waals surface area contributed by atoms with E-state index in [1.165, 1.54) is 23.3 Å². The smallest absolute Gasteiger partial charge is 0.0752 e. The lowest BCUT2D eigenvalue weighted by molar-refractivity contribution is 0.678. The summed E-state index contributed by atoms with van der Waals surface area (Å²) >= 11 is 1.78. The van der Waals surface area contributed by atoms with Gasteiger partial charge in [0.2, 0.25) is 0 Å². The first-order chi connectivity index (χ1) is 7.90. The van der Waals surface area contributed by atoms with Crippen LogP contribution in [0, 0.1) is 0 Å². The van der Waals surface area contributed by atoms with E-state index in [2.05, 4.69) is 34.1 Å². The van der Waals surface area contributed by atoms with Crippen LogP contribution in [-0.2, 0) is 13.1 Å². The topological polar surface area (TPSA) is 29.9 Å². The Hall–Kier alpha value is -1.13. The summed E-state index contributed by atoms with van der Waals surface area (Å²) in [7, 11) is 0. The standard InChI is InChI=1S/C12H15N3S/c1-2-12(16-5-1)9-15-8-10(7-14-15)6-13-11-3-4-11/h1-2,5,7-8,11,13H,3-4,6,9H2. The molecule has 0 bridgehead atoms. The Morgan fingerprint density at radius 1 is 1.50 bits per heavy atom. The molecular weight excluding hydrogens is 218 g/mol. The summed E-state index contributed by atoms with van der Waals surface area (Å²) < 4.78 is 2.01. The van der Waals surface area contributed by atoms with E-state index in [4.69, 9.17) is 0 Å². The summed E-state index contributed by atoms with van der Waals surface area (Å²) in [5.41, 5.74) is 1.28. The zero-order chi connectivity index (χ0) is 10.8. The van der Waals surface area contributed by atoms with Crippen molar-refractivity contribution in [1.29, 1.82) is 0 Å². The zero-order valence-electron chi connectivity index (χ0n) is 9.10. The summed E-state index contributed by atoms with van der Waals surface area (Å²) in [5, 5.41) is 9.97. The van der Waals surface area contributed by atoms with Gasteiger partial charge in [-0.05, 0) is 24.3 Å². The Morgan fingerprint density at radius 3 is 3.19 bits per heavy atom. The monoisotopic (exact) mass is 233 g/mol. The van der Waals surface area contributed by atoms with E-state index in [1.807, 2.05) is 10.9 Å². The van der Waals surface area contributed by atoms with Crippen LogP contribution < -0.4 is 5.32 Å². The molecule has 1 saturated carbocycles. The van der Waals surface area contributed by atoms with Crippen LogP contribution in [0.4, 0.5) is 0 Å². The molecule has 0 saturated heterocycles. The molecule has 0 amide bonds. The Morgan fingerprint density at radius 2 is 2.44 bits per heavy atom. The minimum absolute atomic E-state index is 0.764. The van der Waals surface area contributed by atoms with E-state index >= 15 is 0 Å². The first-order valence-corrected chi connectivity index (χ1v) is 6.55. The highest BCUT2D eigenvalue weighted by Crippen LogP contribution is 2.19. The molecule has 0 radical (unpaired) electrons. The highest BCUT2D eigenvalue weighted by atomic mass is 32.1. The third kappa shape index (κ3) is 2.51. The maximum Gasteiger partial charge on any atom is 0.0752 e. The molecule has 0 aromatic carbocycles. The quantitative estimate of drug-likeness (QED) is 0.858. The molecule has 0 aliphatic heterocycles. The number of thiophene rings is 1. The van der Waals surface area contributed by atoms with Crippen molar-refractivity contribution >= 4 is 11.3 Å². The minimum atomic E-state index is 0.764. The summed E-state index contributed by atoms with van der Waals surface area (Å²) in [6.45, 7) is 1.84. The van der Waals surface area contributed by atoms with Crippen LogP contribution >= 0.6 is 11.3 Å². The Kier molecular flexibility index (Phi) is 2.76. The van der Waals surface area contributed by atoms with Gasteiger partial charge in [-0.15, -0.1) is 11.3 Å². The SMILES string of the molecule is c1csc(Cn2cc(CNC3CC3)cn2)c1. The van der Waals surface area contributed by atoms with Gasteiger partial charge in [0.1, 0.15) is 0 Å². The highest BCUT2D eigenvalue weighted by Gasteiger charge is 2.20. The number of aromatic nitrogens is 2. The lowest BCUT2D eigenvalue weighted by atomic mass is 10.3. The van der Waals surface area contributed by atoms with Gasteiger partial charge in [-0.2, -0.15) is 5.10 Å². The van der Waals surface area contributed by atoms with Crippen molar-refractivity contribution in [3.8, 4) is 0 Å². The van der Waals surface area contributed by atoms with Crippen molar-refractivity contribution in [3.05, 3.63) is 40.3 Å². The average molecular weight is 233 g/mol. The van der Waals surface area contributed by atoms with Gasteiger partial charge >= 0.3 is 0 Å². The number of hydrogen-bond acceptors (Lipinski definition) is 3. The van der Waals surface area contributed by atoms with Crippen molar-refractivity contribution in [3.63, 3.8) is 0 Å². The Balaban J connectivity index is 1.58. The molecule has 3 nitrogen and oxygen atoms in total. The Bertz CT molecular complexity index is 443. The molecule has 3 rings (SSSR count). The fourth-order valence-electron chi connectivity index (χ4n) is 1.70.